The fraction of sp³-hybridized carbons (Fsp3) is 0.765. The molecular weight excluding hydrogens is 264 g/mol. The molecule has 0 atom stereocenters. The van der Waals surface area contributed by atoms with Gasteiger partial charge in [0.05, 0.1) is 19.4 Å². The van der Waals surface area contributed by atoms with Crippen LogP contribution in [0.3, 0.4) is 0 Å². The summed E-state index contributed by atoms with van der Waals surface area (Å²) in [4.78, 5) is 2.48. The minimum absolute atomic E-state index is 0.585. The van der Waals surface area contributed by atoms with Crippen LogP contribution < -0.4 is 5.32 Å². The van der Waals surface area contributed by atoms with Crippen LogP contribution >= 0.6 is 0 Å². The summed E-state index contributed by atoms with van der Waals surface area (Å²) in [5, 5.41) is 3.45. The number of nitrogens with one attached hydrogen (secondary N) is 1. The van der Waals surface area contributed by atoms with Gasteiger partial charge in [0.25, 0.3) is 0 Å². The molecule has 0 spiro atoms. The summed E-state index contributed by atoms with van der Waals surface area (Å²) in [5.74, 6) is 1.08. The molecule has 0 unspecified atom stereocenters. The van der Waals surface area contributed by atoms with Gasteiger partial charge in [0.15, 0.2) is 0 Å². The van der Waals surface area contributed by atoms with E-state index in [1.807, 2.05) is 0 Å². The van der Waals surface area contributed by atoms with E-state index in [-0.39, 0.29) is 0 Å². The van der Waals surface area contributed by atoms with Gasteiger partial charge < -0.3 is 14.5 Å². The van der Waals surface area contributed by atoms with Crippen molar-refractivity contribution in [2.75, 3.05) is 26.8 Å². The van der Waals surface area contributed by atoms with Crippen LogP contribution in [-0.4, -0.2) is 37.7 Å². The number of methoxy groups -OCH3 is 1. The van der Waals surface area contributed by atoms with E-state index in [0.29, 0.717) is 6.04 Å². The zero-order valence-electron chi connectivity index (χ0n) is 14.2. The van der Waals surface area contributed by atoms with Crippen molar-refractivity contribution in [1.82, 2.24) is 10.2 Å². The topological polar surface area (TPSA) is 37.6 Å². The van der Waals surface area contributed by atoms with Gasteiger partial charge in [-0.05, 0) is 31.9 Å². The predicted octanol–water partition coefficient (Wildman–Crippen LogP) is 3.42. The van der Waals surface area contributed by atoms with Crippen LogP contribution in [-0.2, 0) is 17.8 Å². The van der Waals surface area contributed by atoms with E-state index in [1.54, 1.807) is 13.4 Å². The second kappa shape index (κ2) is 10.8. The summed E-state index contributed by atoms with van der Waals surface area (Å²) < 4.78 is 11.0. The second-order valence-corrected chi connectivity index (χ2v) is 5.48. The molecule has 4 heteroatoms. The van der Waals surface area contributed by atoms with Crippen LogP contribution in [0, 0.1) is 0 Å². The Hall–Kier alpha value is -0.840. The summed E-state index contributed by atoms with van der Waals surface area (Å²) in [6.45, 7) is 11.2. The number of nitrogens with zero attached hydrogens (tertiary/aromatic N) is 1. The zero-order valence-corrected chi connectivity index (χ0v) is 14.2. The van der Waals surface area contributed by atoms with E-state index in [9.17, 15) is 0 Å². The Kier molecular flexibility index (Phi) is 9.39. The fourth-order valence-corrected chi connectivity index (χ4v) is 2.65. The van der Waals surface area contributed by atoms with Gasteiger partial charge in [0.2, 0.25) is 0 Å². The first kappa shape index (κ1) is 18.2. The molecule has 0 aromatic carbocycles. The molecule has 1 heterocycles. The molecule has 1 N–H and O–H groups in total. The normalized spacial score (nSPS) is 11.7. The number of ether oxygens (including phenoxy) is 1. The molecule has 0 aliphatic carbocycles. The standard InChI is InChI=1S/C17H32N2O2/c1-5-9-18-13-15-8-11-21-17(15)14-19(10-12-20-4)16(6-2)7-3/h8,11,16,18H,5-7,9-10,12-14H2,1-4H3. The van der Waals surface area contributed by atoms with E-state index >= 15 is 0 Å². The Morgan fingerprint density at radius 3 is 2.67 bits per heavy atom. The largest absolute Gasteiger partial charge is 0.468 e. The van der Waals surface area contributed by atoms with Crippen LogP contribution in [0.25, 0.3) is 0 Å². The molecule has 21 heavy (non-hydrogen) atoms. The van der Waals surface area contributed by atoms with Gasteiger partial charge in [-0.3, -0.25) is 4.90 Å². The first-order valence-electron chi connectivity index (χ1n) is 8.25. The lowest BCUT2D eigenvalue weighted by atomic mass is 10.1. The molecule has 0 aliphatic rings. The quantitative estimate of drug-likeness (QED) is 0.600. The highest BCUT2D eigenvalue weighted by Crippen LogP contribution is 2.17. The maximum Gasteiger partial charge on any atom is 0.122 e. The van der Waals surface area contributed by atoms with Crippen molar-refractivity contribution in [3.8, 4) is 0 Å². The maximum atomic E-state index is 5.72. The first-order valence-corrected chi connectivity index (χ1v) is 8.25. The predicted molar refractivity (Wildman–Crippen MR) is 87.4 cm³/mol. The summed E-state index contributed by atoms with van der Waals surface area (Å²) in [5.41, 5.74) is 1.27. The van der Waals surface area contributed by atoms with E-state index in [4.69, 9.17) is 9.15 Å². The molecule has 4 nitrogen and oxygen atoms in total. The Balaban J connectivity index is 2.66. The highest BCUT2D eigenvalue weighted by molar-refractivity contribution is 5.17. The van der Waals surface area contributed by atoms with Gasteiger partial charge >= 0.3 is 0 Å². The van der Waals surface area contributed by atoms with Crippen LogP contribution in [0.5, 0.6) is 0 Å². The SMILES string of the molecule is CCCNCc1ccoc1CN(CCOC)C(CC)CC. The van der Waals surface area contributed by atoms with Gasteiger partial charge in [-0.15, -0.1) is 0 Å². The maximum absolute atomic E-state index is 5.72. The molecule has 0 saturated carbocycles. The molecule has 0 aliphatic heterocycles. The molecule has 1 rings (SSSR count). The average molecular weight is 296 g/mol. The van der Waals surface area contributed by atoms with Gasteiger partial charge in [0, 0.05) is 31.8 Å². The number of hydrogen-bond donors (Lipinski definition) is 1. The molecule has 0 bridgehead atoms. The van der Waals surface area contributed by atoms with Crippen LogP contribution in [0.15, 0.2) is 16.7 Å². The third-order valence-electron chi connectivity index (χ3n) is 3.97. The van der Waals surface area contributed by atoms with Crippen molar-refractivity contribution in [2.24, 2.45) is 0 Å². The Bertz CT molecular complexity index is 361. The summed E-state index contributed by atoms with van der Waals surface area (Å²) in [6.07, 6.45) is 5.27. The zero-order chi connectivity index (χ0) is 15.5. The van der Waals surface area contributed by atoms with E-state index < -0.39 is 0 Å². The summed E-state index contributed by atoms with van der Waals surface area (Å²) in [6, 6.07) is 2.67. The minimum Gasteiger partial charge on any atom is -0.468 e. The highest BCUT2D eigenvalue weighted by atomic mass is 16.5. The van der Waals surface area contributed by atoms with Gasteiger partial charge in [-0.1, -0.05) is 20.8 Å². The number of furan rings is 1. The summed E-state index contributed by atoms with van der Waals surface area (Å²) in [7, 11) is 1.76. The van der Waals surface area contributed by atoms with Crippen molar-refractivity contribution in [3.05, 3.63) is 23.7 Å². The monoisotopic (exact) mass is 296 g/mol. The fourth-order valence-electron chi connectivity index (χ4n) is 2.65. The summed E-state index contributed by atoms with van der Waals surface area (Å²) >= 11 is 0. The molecule has 0 saturated heterocycles. The van der Waals surface area contributed by atoms with Crippen LogP contribution in [0.2, 0.25) is 0 Å². The lowest BCUT2D eigenvalue weighted by Gasteiger charge is -2.29. The highest BCUT2D eigenvalue weighted by Gasteiger charge is 2.18. The lowest BCUT2D eigenvalue weighted by Crippen LogP contribution is -2.36. The molecule has 1 aromatic heterocycles. The van der Waals surface area contributed by atoms with Crippen molar-refractivity contribution >= 4 is 0 Å². The second-order valence-electron chi connectivity index (χ2n) is 5.48. The van der Waals surface area contributed by atoms with E-state index in [1.165, 1.54) is 5.56 Å². The molecule has 0 amide bonds. The minimum atomic E-state index is 0.585. The van der Waals surface area contributed by atoms with Crippen molar-refractivity contribution in [3.63, 3.8) is 0 Å². The van der Waals surface area contributed by atoms with Gasteiger partial charge in [0.1, 0.15) is 5.76 Å². The van der Waals surface area contributed by atoms with Gasteiger partial charge in [-0.25, -0.2) is 0 Å². The Morgan fingerprint density at radius 1 is 1.29 bits per heavy atom. The number of hydrogen-bond acceptors (Lipinski definition) is 4. The van der Waals surface area contributed by atoms with Gasteiger partial charge in [-0.2, -0.15) is 0 Å². The lowest BCUT2D eigenvalue weighted by molar-refractivity contribution is 0.104. The first-order chi connectivity index (χ1) is 10.3. The number of rotatable bonds is 12. The van der Waals surface area contributed by atoms with E-state index in [2.05, 4.69) is 37.1 Å². The van der Waals surface area contributed by atoms with Crippen molar-refractivity contribution in [1.29, 1.82) is 0 Å². The molecule has 1 aromatic rings. The molecular formula is C17H32N2O2. The molecule has 0 radical (unpaired) electrons. The smallest absolute Gasteiger partial charge is 0.122 e. The van der Waals surface area contributed by atoms with Crippen LogP contribution in [0.4, 0.5) is 0 Å². The third-order valence-corrected chi connectivity index (χ3v) is 3.97. The van der Waals surface area contributed by atoms with Crippen molar-refractivity contribution < 1.29 is 9.15 Å². The third kappa shape index (κ3) is 6.20. The Labute approximate surface area is 129 Å². The Morgan fingerprint density at radius 2 is 2.05 bits per heavy atom. The van der Waals surface area contributed by atoms with Crippen molar-refractivity contribution in [2.45, 2.75) is 59.2 Å². The molecule has 0 fully saturated rings. The van der Waals surface area contributed by atoms with E-state index in [0.717, 1.165) is 57.8 Å². The average Bonchev–Trinajstić information content (AvgIpc) is 2.93. The van der Waals surface area contributed by atoms with Crippen LogP contribution in [0.1, 0.15) is 51.4 Å². The molecule has 122 valence electrons.